The molecule has 0 aromatic heterocycles. The first-order chi connectivity index (χ1) is 15.4. The van der Waals surface area contributed by atoms with Gasteiger partial charge in [0.2, 0.25) is 5.91 Å². The number of phenolic OH excluding ortho intramolecular Hbond substituents is 1. The maximum Gasteiger partial charge on any atom is 0.229 e. The van der Waals surface area contributed by atoms with E-state index in [0.717, 1.165) is 11.1 Å². The van der Waals surface area contributed by atoms with Crippen LogP contribution < -0.4 is 4.74 Å². The number of ether oxygens (including phenoxy) is 1. The summed E-state index contributed by atoms with van der Waals surface area (Å²) in [4.78, 5) is 15.2. The fraction of sp³-hybridized carbons (Fsp3) is 0.269. The van der Waals surface area contributed by atoms with Crippen molar-refractivity contribution in [2.45, 2.75) is 31.3 Å². The molecule has 32 heavy (non-hydrogen) atoms. The largest absolute Gasteiger partial charge is 0.508 e. The molecule has 3 atom stereocenters. The molecule has 1 heterocycles. The Balaban J connectivity index is 1.57. The van der Waals surface area contributed by atoms with E-state index in [1.165, 1.54) is 0 Å². The summed E-state index contributed by atoms with van der Waals surface area (Å²) >= 11 is 12.6. The van der Waals surface area contributed by atoms with Crippen LogP contribution in [0.2, 0.25) is 10.0 Å². The lowest BCUT2D eigenvalue weighted by molar-refractivity contribution is -0.134. The Bertz CT molecular complexity index is 1090. The Hall–Kier alpha value is -2.69. The number of carbonyl (C=O) groups excluding carboxylic acids is 1. The predicted molar refractivity (Wildman–Crippen MR) is 128 cm³/mol. The topological polar surface area (TPSA) is 49.8 Å². The van der Waals surface area contributed by atoms with E-state index >= 15 is 0 Å². The van der Waals surface area contributed by atoms with Crippen LogP contribution in [-0.2, 0) is 4.79 Å². The number of rotatable bonds is 5. The molecular weight excluding hydrogens is 445 g/mol. The molecule has 166 valence electrons. The van der Waals surface area contributed by atoms with Gasteiger partial charge in [-0.2, -0.15) is 0 Å². The normalized spacial score (nSPS) is 19.4. The molecule has 0 saturated carbocycles. The molecule has 3 aromatic carbocycles. The third-order valence-electron chi connectivity index (χ3n) is 6.02. The number of piperidine rings is 1. The van der Waals surface area contributed by atoms with E-state index in [0.29, 0.717) is 35.3 Å². The van der Waals surface area contributed by atoms with Gasteiger partial charge in [0.05, 0.1) is 10.9 Å². The van der Waals surface area contributed by atoms with Gasteiger partial charge in [0.15, 0.2) is 0 Å². The van der Waals surface area contributed by atoms with E-state index in [9.17, 15) is 9.90 Å². The van der Waals surface area contributed by atoms with Crippen LogP contribution in [0.1, 0.15) is 36.3 Å². The molecular formula is C26H25Cl2NO3. The molecule has 1 aliphatic heterocycles. The van der Waals surface area contributed by atoms with Gasteiger partial charge in [0.25, 0.3) is 0 Å². The van der Waals surface area contributed by atoms with Crippen molar-refractivity contribution >= 4 is 29.1 Å². The van der Waals surface area contributed by atoms with Gasteiger partial charge in [0, 0.05) is 30.5 Å². The summed E-state index contributed by atoms with van der Waals surface area (Å²) in [7, 11) is 0. The van der Waals surface area contributed by atoms with E-state index in [1.54, 1.807) is 24.3 Å². The van der Waals surface area contributed by atoms with Crippen molar-refractivity contribution in [3.8, 4) is 11.5 Å². The number of carbonyl (C=O) groups is 1. The molecule has 4 nitrogen and oxygen atoms in total. The van der Waals surface area contributed by atoms with E-state index in [2.05, 4.69) is 0 Å². The summed E-state index contributed by atoms with van der Waals surface area (Å²) in [5.74, 6) is 0.528. The first-order valence-electron chi connectivity index (χ1n) is 10.7. The van der Waals surface area contributed by atoms with Gasteiger partial charge in [-0.1, -0.05) is 59.6 Å². The fourth-order valence-corrected chi connectivity index (χ4v) is 4.59. The summed E-state index contributed by atoms with van der Waals surface area (Å²) in [5.41, 5.74) is 1.91. The van der Waals surface area contributed by atoms with Gasteiger partial charge >= 0.3 is 0 Å². The molecule has 3 unspecified atom stereocenters. The second-order valence-electron chi connectivity index (χ2n) is 8.13. The lowest BCUT2D eigenvalue weighted by Gasteiger charge is -2.40. The van der Waals surface area contributed by atoms with E-state index in [-0.39, 0.29) is 29.6 Å². The van der Waals surface area contributed by atoms with Crippen LogP contribution in [0.25, 0.3) is 0 Å². The number of benzene rings is 3. The molecule has 1 fully saturated rings. The summed E-state index contributed by atoms with van der Waals surface area (Å²) in [6.07, 6.45) is 0.539. The Labute approximate surface area is 198 Å². The molecule has 0 spiro atoms. The molecule has 4 rings (SSSR count). The molecule has 1 N–H and O–H groups in total. The van der Waals surface area contributed by atoms with Gasteiger partial charge in [0.1, 0.15) is 17.6 Å². The van der Waals surface area contributed by atoms with Crippen LogP contribution in [0.3, 0.4) is 0 Å². The average Bonchev–Trinajstić information content (AvgIpc) is 2.80. The second-order valence-corrected chi connectivity index (χ2v) is 8.98. The van der Waals surface area contributed by atoms with Crippen LogP contribution in [0, 0.1) is 0 Å². The molecule has 0 bridgehead atoms. The van der Waals surface area contributed by atoms with Crippen molar-refractivity contribution < 1.29 is 14.6 Å². The minimum Gasteiger partial charge on any atom is -0.508 e. The number of hydrogen-bond donors (Lipinski definition) is 1. The van der Waals surface area contributed by atoms with Crippen molar-refractivity contribution in [2.75, 3.05) is 13.1 Å². The van der Waals surface area contributed by atoms with Crippen molar-refractivity contribution in [2.24, 2.45) is 0 Å². The monoisotopic (exact) mass is 469 g/mol. The Morgan fingerprint density at radius 2 is 1.81 bits per heavy atom. The van der Waals surface area contributed by atoms with Crippen LogP contribution in [0.5, 0.6) is 11.5 Å². The molecule has 1 amide bonds. The highest BCUT2D eigenvalue weighted by Crippen LogP contribution is 2.35. The standard InChI is InChI=1S/C26H25Cl2NO3/c1-17(18-9-11-21(30)12-10-18)26(31)29-14-13-24(32-25-8-3-2-7-23(25)28)22(16-29)19-5-4-6-20(27)15-19/h2-12,15,17,22,24,30H,13-14,16H2,1H3. The van der Waals surface area contributed by atoms with E-state index < -0.39 is 0 Å². The number of likely N-dealkylation sites (tertiary alicyclic amines) is 1. The summed E-state index contributed by atoms with van der Waals surface area (Å²) in [6, 6.07) is 22.0. The Kier molecular flexibility index (Phi) is 6.92. The van der Waals surface area contributed by atoms with Crippen molar-refractivity contribution in [1.29, 1.82) is 0 Å². The van der Waals surface area contributed by atoms with Crippen LogP contribution >= 0.6 is 23.2 Å². The minimum absolute atomic E-state index is 0.0466. The van der Waals surface area contributed by atoms with Crippen LogP contribution in [-0.4, -0.2) is 35.1 Å². The minimum atomic E-state index is -0.309. The second kappa shape index (κ2) is 9.85. The quantitative estimate of drug-likeness (QED) is 0.479. The first-order valence-corrected chi connectivity index (χ1v) is 11.4. The Morgan fingerprint density at radius 1 is 1.06 bits per heavy atom. The summed E-state index contributed by atoms with van der Waals surface area (Å²) in [6.45, 7) is 3.01. The van der Waals surface area contributed by atoms with Gasteiger partial charge in [-0.25, -0.2) is 0 Å². The fourth-order valence-electron chi connectivity index (χ4n) is 4.21. The number of hydrogen-bond acceptors (Lipinski definition) is 3. The lowest BCUT2D eigenvalue weighted by atomic mass is 9.86. The molecule has 0 aliphatic carbocycles. The highest BCUT2D eigenvalue weighted by molar-refractivity contribution is 6.32. The molecule has 6 heteroatoms. The third-order valence-corrected chi connectivity index (χ3v) is 6.56. The number of nitrogens with zero attached hydrogens (tertiary/aromatic N) is 1. The highest BCUT2D eigenvalue weighted by atomic mass is 35.5. The summed E-state index contributed by atoms with van der Waals surface area (Å²) < 4.78 is 6.34. The molecule has 0 radical (unpaired) electrons. The van der Waals surface area contributed by atoms with E-state index in [4.69, 9.17) is 27.9 Å². The zero-order chi connectivity index (χ0) is 22.7. The first kappa shape index (κ1) is 22.5. The SMILES string of the molecule is CC(C(=O)N1CCC(Oc2ccccc2Cl)C(c2cccc(Cl)c2)C1)c1ccc(O)cc1. The molecule has 1 saturated heterocycles. The number of phenols is 1. The van der Waals surface area contributed by atoms with Crippen molar-refractivity contribution in [1.82, 2.24) is 4.90 Å². The highest BCUT2D eigenvalue weighted by Gasteiger charge is 2.36. The van der Waals surface area contributed by atoms with Crippen LogP contribution in [0.15, 0.2) is 72.8 Å². The number of amides is 1. The van der Waals surface area contributed by atoms with Gasteiger partial charge in [-0.3, -0.25) is 4.79 Å². The zero-order valence-electron chi connectivity index (χ0n) is 17.7. The van der Waals surface area contributed by atoms with Crippen LogP contribution in [0.4, 0.5) is 0 Å². The average molecular weight is 470 g/mol. The van der Waals surface area contributed by atoms with Gasteiger partial charge in [-0.15, -0.1) is 0 Å². The maximum atomic E-state index is 13.3. The van der Waals surface area contributed by atoms with Crippen molar-refractivity contribution in [3.63, 3.8) is 0 Å². The third kappa shape index (κ3) is 5.03. The number of halogens is 2. The lowest BCUT2D eigenvalue weighted by Crippen LogP contribution is -2.48. The number of aromatic hydroxyl groups is 1. The van der Waals surface area contributed by atoms with Crippen molar-refractivity contribution in [3.05, 3.63) is 94.0 Å². The molecule has 1 aliphatic rings. The van der Waals surface area contributed by atoms with E-state index in [1.807, 2.05) is 60.4 Å². The summed E-state index contributed by atoms with van der Waals surface area (Å²) in [5, 5.41) is 10.8. The zero-order valence-corrected chi connectivity index (χ0v) is 19.3. The smallest absolute Gasteiger partial charge is 0.229 e. The number of para-hydroxylation sites is 1. The van der Waals surface area contributed by atoms with Gasteiger partial charge in [-0.05, 0) is 54.4 Å². The predicted octanol–water partition coefficient (Wildman–Crippen LogP) is 6.27. The Morgan fingerprint density at radius 3 is 2.53 bits per heavy atom. The van der Waals surface area contributed by atoms with Gasteiger partial charge < -0.3 is 14.7 Å². The maximum absolute atomic E-state index is 13.3. The molecule has 3 aromatic rings.